The monoisotopic (exact) mass is 270 g/mol. The first-order valence-electron chi connectivity index (χ1n) is 4.97. The topological polar surface area (TPSA) is 52.0 Å². The summed E-state index contributed by atoms with van der Waals surface area (Å²) in [5.74, 6) is 0. The summed E-state index contributed by atoms with van der Waals surface area (Å²) in [6, 6.07) is 9.31. The van der Waals surface area contributed by atoms with E-state index in [9.17, 15) is 8.42 Å². The zero-order valence-corrected chi connectivity index (χ0v) is 11.0. The van der Waals surface area contributed by atoms with E-state index in [2.05, 4.69) is 5.10 Å². The summed E-state index contributed by atoms with van der Waals surface area (Å²) in [4.78, 5) is 0.0861. The molecule has 0 N–H and O–H groups in total. The average molecular weight is 271 g/mol. The van der Waals surface area contributed by atoms with Crippen molar-refractivity contribution in [2.24, 2.45) is 0 Å². The highest BCUT2D eigenvalue weighted by molar-refractivity contribution is 8.13. The number of rotatable bonds is 2. The van der Waals surface area contributed by atoms with E-state index in [4.69, 9.17) is 10.7 Å². The molecule has 0 fully saturated rings. The third-order valence-electron chi connectivity index (χ3n) is 2.47. The standard InChI is InChI=1S/C11H11ClN2O2S/c1-8-11(17(12,15)16)9(2)14(13-8)10-6-4-3-5-7-10/h3-7H,1-2H3. The molecule has 0 aliphatic carbocycles. The Balaban J connectivity index is 2.69. The summed E-state index contributed by atoms with van der Waals surface area (Å²) < 4.78 is 24.4. The predicted molar refractivity (Wildman–Crippen MR) is 66.1 cm³/mol. The lowest BCUT2D eigenvalue weighted by Gasteiger charge is -2.03. The Kier molecular flexibility index (Phi) is 2.97. The van der Waals surface area contributed by atoms with Gasteiger partial charge in [-0.1, -0.05) is 18.2 Å². The van der Waals surface area contributed by atoms with Crippen molar-refractivity contribution in [2.75, 3.05) is 0 Å². The molecule has 1 aromatic carbocycles. The van der Waals surface area contributed by atoms with E-state index in [0.717, 1.165) is 5.69 Å². The largest absolute Gasteiger partial charge is 0.264 e. The quantitative estimate of drug-likeness (QED) is 0.788. The van der Waals surface area contributed by atoms with E-state index in [1.807, 2.05) is 30.3 Å². The van der Waals surface area contributed by atoms with E-state index in [1.54, 1.807) is 18.5 Å². The second kappa shape index (κ2) is 4.16. The van der Waals surface area contributed by atoms with Gasteiger partial charge in [-0.2, -0.15) is 5.10 Å². The van der Waals surface area contributed by atoms with Gasteiger partial charge in [-0.05, 0) is 26.0 Å². The zero-order chi connectivity index (χ0) is 12.6. The molecule has 17 heavy (non-hydrogen) atoms. The first kappa shape index (κ1) is 12.1. The number of benzene rings is 1. The minimum Gasteiger partial charge on any atom is -0.236 e. The number of hydrogen-bond donors (Lipinski definition) is 0. The highest BCUT2D eigenvalue weighted by Gasteiger charge is 2.22. The number of para-hydroxylation sites is 1. The van der Waals surface area contributed by atoms with Crippen LogP contribution in [0.1, 0.15) is 11.4 Å². The van der Waals surface area contributed by atoms with Crippen molar-refractivity contribution in [3.63, 3.8) is 0 Å². The Morgan fingerprint density at radius 2 is 1.76 bits per heavy atom. The third kappa shape index (κ3) is 2.21. The van der Waals surface area contributed by atoms with Crippen LogP contribution >= 0.6 is 10.7 Å². The molecule has 0 unspecified atom stereocenters. The van der Waals surface area contributed by atoms with Crippen molar-refractivity contribution in [2.45, 2.75) is 18.7 Å². The molecule has 0 aliphatic rings. The Morgan fingerprint density at radius 3 is 2.24 bits per heavy atom. The molecule has 0 amide bonds. The maximum Gasteiger partial charge on any atom is 0.264 e. The van der Waals surface area contributed by atoms with Gasteiger partial charge in [-0.15, -0.1) is 0 Å². The molecule has 1 aromatic heterocycles. The lowest BCUT2D eigenvalue weighted by Crippen LogP contribution is -2.00. The summed E-state index contributed by atoms with van der Waals surface area (Å²) in [5.41, 5.74) is 1.73. The van der Waals surface area contributed by atoms with Crippen LogP contribution in [0.4, 0.5) is 0 Å². The van der Waals surface area contributed by atoms with Gasteiger partial charge in [0.25, 0.3) is 9.05 Å². The van der Waals surface area contributed by atoms with Gasteiger partial charge in [0.2, 0.25) is 0 Å². The van der Waals surface area contributed by atoms with Gasteiger partial charge in [0, 0.05) is 10.7 Å². The fourth-order valence-corrected chi connectivity index (χ4v) is 3.30. The number of hydrogen-bond acceptors (Lipinski definition) is 3. The van der Waals surface area contributed by atoms with Crippen molar-refractivity contribution >= 4 is 19.7 Å². The predicted octanol–water partition coefficient (Wildman–Crippen LogP) is 2.42. The Hall–Kier alpha value is -1.33. The van der Waals surface area contributed by atoms with Crippen LogP contribution in [0, 0.1) is 13.8 Å². The molecule has 4 nitrogen and oxygen atoms in total. The molecule has 0 aliphatic heterocycles. The maximum atomic E-state index is 11.4. The Morgan fingerprint density at radius 1 is 1.18 bits per heavy atom. The van der Waals surface area contributed by atoms with E-state index < -0.39 is 9.05 Å². The van der Waals surface area contributed by atoms with Gasteiger partial charge in [0.15, 0.2) is 0 Å². The zero-order valence-electron chi connectivity index (χ0n) is 9.38. The molecule has 0 atom stereocenters. The summed E-state index contributed by atoms with van der Waals surface area (Å²) in [5, 5.41) is 4.20. The van der Waals surface area contributed by atoms with Gasteiger partial charge in [0.05, 0.1) is 17.1 Å². The smallest absolute Gasteiger partial charge is 0.236 e. The maximum absolute atomic E-state index is 11.4. The highest BCUT2D eigenvalue weighted by atomic mass is 35.7. The van der Waals surface area contributed by atoms with E-state index in [0.29, 0.717) is 11.4 Å². The number of aromatic nitrogens is 2. The van der Waals surface area contributed by atoms with E-state index in [1.165, 1.54) is 0 Å². The molecule has 0 bridgehead atoms. The van der Waals surface area contributed by atoms with Gasteiger partial charge < -0.3 is 0 Å². The van der Waals surface area contributed by atoms with Crippen LogP contribution in [-0.2, 0) is 9.05 Å². The molecule has 2 aromatic rings. The average Bonchev–Trinajstić information content (AvgIpc) is 2.54. The first-order chi connectivity index (χ1) is 7.91. The molecule has 1 heterocycles. The number of aryl methyl sites for hydroxylation is 1. The van der Waals surface area contributed by atoms with Gasteiger partial charge >= 0.3 is 0 Å². The normalized spacial score (nSPS) is 11.7. The van der Waals surface area contributed by atoms with Crippen LogP contribution in [0.25, 0.3) is 5.69 Å². The van der Waals surface area contributed by atoms with Gasteiger partial charge in [0.1, 0.15) is 4.90 Å². The Bertz CT molecular complexity index is 648. The summed E-state index contributed by atoms with van der Waals surface area (Å²) in [7, 11) is 1.63. The molecule has 0 saturated carbocycles. The number of nitrogens with zero attached hydrogens (tertiary/aromatic N) is 2. The van der Waals surface area contributed by atoms with Gasteiger partial charge in [-0.3, -0.25) is 0 Å². The van der Waals surface area contributed by atoms with Crippen molar-refractivity contribution in [3.8, 4) is 5.69 Å². The van der Waals surface area contributed by atoms with Crippen LogP contribution in [0.15, 0.2) is 35.2 Å². The molecule has 2 rings (SSSR count). The molecule has 0 saturated heterocycles. The minimum absolute atomic E-state index is 0.0861. The lowest BCUT2D eigenvalue weighted by molar-refractivity contribution is 0.608. The Labute approximate surface area is 104 Å². The molecular formula is C11H11ClN2O2S. The fraction of sp³-hybridized carbons (Fsp3) is 0.182. The minimum atomic E-state index is -3.76. The van der Waals surface area contributed by atoms with E-state index >= 15 is 0 Å². The summed E-state index contributed by atoms with van der Waals surface area (Å²) >= 11 is 0. The molecule has 0 spiro atoms. The van der Waals surface area contributed by atoms with Crippen molar-refractivity contribution in [1.29, 1.82) is 0 Å². The highest BCUT2D eigenvalue weighted by Crippen LogP contribution is 2.25. The van der Waals surface area contributed by atoms with Crippen molar-refractivity contribution < 1.29 is 8.42 Å². The van der Waals surface area contributed by atoms with Gasteiger partial charge in [-0.25, -0.2) is 13.1 Å². The van der Waals surface area contributed by atoms with Crippen molar-refractivity contribution in [1.82, 2.24) is 9.78 Å². The van der Waals surface area contributed by atoms with Crippen LogP contribution in [0.2, 0.25) is 0 Å². The SMILES string of the molecule is Cc1nn(-c2ccccc2)c(C)c1S(=O)(=O)Cl. The summed E-state index contributed by atoms with van der Waals surface area (Å²) in [6.45, 7) is 3.31. The van der Waals surface area contributed by atoms with Crippen LogP contribution in [0.5, 0.6) is 0 Å². The first-order valence-corrected chi connectivity index (χ1v) is 7.28. The molecule has 90 valence electrons. The second-order valence-corrected chi connectivity index (χ2v) is 6.19. The molecule has 6 heteroatoms. The fourth-order valence-electron chi connectivity index (χ4n) is 1.80. The van der Waals surface area contributed by atoms with Crippen LogP contribution < -0.4 is 0 Å². The second-order valence-electron chi connectivity index (χ2n) is 3.69. The lowest BCUT2D eigenvalue weighted by atomic mass is 10.3. The summed E-state index contributed by atoms with van der Waals surface area (Å²) in [6.07, 6.45) is 0. The molecule has 0 radical (unpaired) electrons. The molecular weight excluding hydrogens is 260 g/mol. The van der Waals surface area contributed by atoms with E-state index in [-0.39, 0.29) is 4.90 Å². The number of halogens is 1. The van der Waals surface area contributed by atoms with Crippen LogP contribution in [0.3, 0.4) is 0 Å². The van der Waals surface area contributed by atoms with Crippen LogP contribution in [-0.4, -0.2) is 18.2 Å². The third-order valence-corrected chi connectivity index (χ3v) is 4.01. The van der Waals surface area contributed by atoms with Crippen molar-refractivity contribution in [3.05, 3.63) is 41.7 Å².